The average Bonchev–Trinajstić information content (AvgIpc) is 3.02. The highest BCUT2D eigenvalue weighted by Gasteiger charge is 2.28. The molecule has 0 spiro atoms. The van der Waals surface area contributed by atoms with Crippen LogP contribution >= 0.6 is 11.3 Å². The fourth-order valence-electron chi connectivity index (χ4n) is 3.43. The van der Waals surface area contributed by atoms with Crippen LogP contribution in [0.15, 0.2) is 24.3 Å². The van der Waals surface area contributed by atoms with Gasteiger partial charge in [-0.15, -0.1) is 11.3 Å². The molecule has 2 aromatic rings. The van der Waals surface area contributed by atoms with Gasteiger partial charge in [0.1, 0.15) is 5.00 Å². The van der Waals surface area contributed by atoms with Crippen LogP contribution in [0.25, 0.3) is 0 Å². The van der Waals surface area contributed by atoms with Crippen LogP contribution in [0.2, 0.25) is 0 Å². The molecule has 1 heterocycles. The van der Waals surface area contributed by atoms with Crippen LogP contribution in [0.3, 0.4) is 0 Å². The number of hydrogen-bond acceptors (Lipinski definition) is 5. The Morgan fingerprint density at radius 2 is 2.03 bits per heavy atom. The summed E-state index contributed by atoms with van der Waals surface area (Å²) in [6, 6.07) is 6.70. The van der Waals surface area contributed by atoms with Crippen LogP contribution in [0, 0.1) is 5.92 Å². The van der Waals surface area contributed by atoms with Gasteiger partial charge in [-0.05, 0) is 55.4 Å². The standard InChI is InChI=1S/C22H26N2O4S/c1-4-10-28-22(27)15-6-5-7-16(12-15)24-20(26)19-17-9-8-13(2)11-18(17)29-21(19)23-14(3)25/h5-7,12-13H,4,8-11H2,1-3H3,(H,23,25)(H,24,26)/t13-/m1/s1. The minimum atomic E-state index is -0.413. The summed E-state index contributed by atoms with van der Waals surface area (Å²) in [7, 11) is 0. The second-order valence-corrected chi connectivity index (χ2v) is 8.51. The van der Waals surface area contributed by atoms with E-state index in [1.54, 1.807) is 24.3 Å². The van der Waals surface area contributed by atoms with Gasteiger partial charge in [0.15, 0.2) is 0 Å². The highest BCUT2D eigenvalue weighted by atomic mass is 32.1. The molecule has 3 rings (SSSR count). The van der Waals surface area contributed by atoms with Crippen LogP contribution in [0.1, 0.15) is 64.8 Å². The van der Waals surface area contributed by atoms with Gasteiger partial charge in [-0.3, -0.25) is 9.59 Å². The molecule has 29 heavy (non-hydrogen) atoms. The van der Waals surface area contributed by atoms with Crippen molar-refractivity contribution in [2.45, 2.75) is 46.5 Å². The maximum atomic E-state index is 13.1. The van der Waals surface area contributed by atoms with E-state index in [0.717, 1.165) is 36.1 Å². The number of benzene rings is 1. The van der Waals surface area contributed by atoms with Gasteiger partial charge in [0.25, 0.3) is 5.91 Å². The zero-order valence-electron chi connectivity index (χ0n) is 17.0. The molecular weight excluding hydrogens is 388 g/mol. The van der Waals surface area contributed by atoms with E-state index in [1.807, 2.05) is 6.92 Å². The van der Waals surface area contributed by atoms with Crippen molar-refractivity contribution in [3.63, 3.8) is 0 Å². The van der Waals surface area contributed by atoms with Gasteiger partial charge in [0.2, 0.25) is 5.91 Å². The van der Waals surface area contributed by atoms with Gasteiger partial charge in [-0.25, -0.2) is 4.79 Å². The predicted molar refractivity (Wildman–Crippen MR) is 115 cm³/mol. The normalized spacial score (nSPS) is 15.3. The monoisotopic (exact) mass is 414 g/mol. The highest BCUT2D eigenvalue weighted by molar-refractivity contribution is 7.17. The van der Waals surface area contributed by atoms with Crippen LogP contribution in [0.4, 0.5) is 10.7 Å². The Bertz CT molecular complexity index is 935. The Hall–Kier alpha value is -2.67. The molecule has 0 radical (unpaired) electrons. The average molecular weight is 415 g/mol. The third-order valence-electron chi connectivity index (χ3n) is 4.82. The predicted octanol–water partition coefficient (Wildman–Crippen LogP) is 4.65. The van der Waals surface area contributed by atoms with Crippen molar-refractivity contribution in [3.8, 4) is 0 Å². The largest absolute Gasteiger partial charge is 0.462 e. The molecule has 0 bridgehead atoms. The fraction of sp³-hybridized carbons (Fsp3) is 0.409. The third-order valence-corrected chi connectivity index (χ3v) is 5.99. The first-order chi connectivity index (χ1) is 13.9. The van der Waals surface area contributed by atoms with Crippen LogP contribution in [-0.2, 0) is 22.4 Å². The quantitative estimate of drug-likeness (QED) is 0.674. The number of carbonyl (C=O) groups excluding carboxylic acids is 3. The lowest BCUT2D eigenvalue weighted by molar-refractivity contribution is -0.114. The Kier molecular flexibility index (Phi) is 6.69. The van der Waals surface area contributed by atoms with Gasteiger partial charge in [0.05, 0.1) is 17.7 Å². The summed E-state index contributed by atoms with van der Waals surface area (Å²) in [6.07, 6.45) is 3.50. The van der Waals surface area contributed by atoms with Crippen LogP contribution in [-0.4, -0.2) is 24.4 Å². The van der Waals surface area contributed by atoms with Crippen molar-refractivity contribution in [1.29, 1.82) is 0 Å². The number of esters is 1. The number of hydrogen-bond donors (Lipinski definition) is 2. The van der Waals surface area contributed by atoms with E-state index in [0.29, 0.717) is 34.3 Å². The van der Waals surface area contributed by atoms with E-state index in [4.69, 9.17) is 4.74 Å². The van der Waals surface area contributed by atoms with Crippen LogP contribution in [0.5, 0.6) is 0 Å². The molecule has 1 aromatic heterocycles. The number of thiophene rings is 1. The lowest BCUT2D eigenvalue weighted by Crippen LogP contribution is -2.19. The second-order valence-electron chi connectivity index (χ2n) is 7.41. The number of carbonyl (C=O) groups is 3. The van der Waals surface area contributed by atoms with Crippen molar-refractivity contribution in [2.75, 3.05) is 17.2 Å². The van der Waals surface area contributed by atoms with Gasteiger partial charge in [-0.2, -0.15) is 0 Å². The zero-order chi connectivity index (χ0) is 21.0. The molecule has 0 saturated carbocycles. The Labute approximate surface area is 174 Å². The molecule has 1 aliphatic rings. The molecule has 154 valence electrons. The zero-order valence-corrected chi connectivity index (χ0v) is 17.8. The van der Waals surface area contributed by atoms with Crippen molar-refractivity contribution >= 4 is 39.8 Å². The van der Waals surface area contributed by atoms with Crippen molar-refractivity contribution < 1.29 is 19.1 Å². The molecule has 7 heteroatoms. The minimum absolute atomic E-state index is 0.202. The molecule has 2 N–H and O–H groups in total. The van der Waals surface area contributed by atoms with Crippen LogP contribution < -0.4 is 10.6 Å². The summed E-state index contributed by atoms with van der Waals surface area (Å²) in [6.45, 7) is 5.92. The molecule has 6 nitrogen and oxygen atoms in total. The molecule has 1 aromatic carbocycles. The van der Waals surface area contributed by atoms with E-state index in [-0.39, 0.29) is 11.8 Å². The second kappa shape index (κ2) is 9.22. The van der Waals surface area contributed by atoms with E-state index in [2.05, 4.69) is 17.6 Å². The van der Waals surface area contributed by atoms with E-state index in [9.17, 15) is 14.4 Å². The molecule has 2 amide bonds. The summed E-state index contributed by atoms with van der Waals surface area (Å²) in [5.74, 6) is -0.330. The molecule has 0 unspecified atom stereocenters. The maximum absolute atomic E-state index is 13.1. The first kappa shape index (κ1) is 21.0. The summed E-state index contributed by atoms with van der Waals surface area (Å²) in [4.78, 5) is 38.0. The number of ether oxygens (including phenoxy) is 1. The molecule has 0 aliphatic heterocycles. The van der Waals surface area contributed by atoms with Gasteiger partial charge >= 0.3 is 5.97 Å². The summed E-state index contributed by atoms with van der Waals surface area (Å²) in [5, 5.41) is 6.28. The van der Waals surface area contributed by atoms with Gasteiger partial charge < -0.3 is 15.4 Å². The topological polar surface area (TPSA) is 84.5 Å². The fourth-order valence-corrected chi connectivity index (χ4v) is 4.89. The number of anilines is 2. The number of nitrogens with one attached hydrogen (secondary N) is 2. The Morgan fingerprint density at radius 3 is 2.76 bits per heavy atom. The van der Waals surface area contributed by atoms with Crippen molar-refractivity contribution in [3.05, 3.63) is 45.8 Å². The molecular formula is C22H26N2O4S. The summed E-state index contributed by atoms with van der Waals surface area (Å²) < 4.78 is 5.16. The molecule has 1 atom stereocenters. The summed E-state index contributed by atoms with van der Waals surface area (Å²) >= 11 is 1.48. The molecule has 0 saturated heterocycles. The first-order valence-electron chi connectivity index (χ1n) is 9.89. The lowest BCUT2D eigenvalue weighted by atomic mass is 9.88. The minimum Gasteiger partial charge on any atom is -0.462 e. The first-order valence-corrected chi connectivity index (χ1v) is 10.7. The van der Waals surface area contributed by atoms with Gasteiger partial charge in [-0.1, -0.05) is 19.9 Å². The number of rotatable bonds is 6. The Morgan fingerprint density at radius 1 is 1.24 bits per heavy atom. The van der Waals surface area contributed by atoms with E-state index < -0.39 is 5.97 Å². The number of amides is 2. The summed E-state index contributed by atoms with van der Waals surface area (Å²) in [5.41, 5.74) is 2.46. The van der Waals surface area contributed by atoms with Crippen molar-refractivity contribution in [1.82, 2.24) is 0 Å². The highest BCUT2D eigenvalue weighted by Crippen LogP contribution is 2.40. The molecule has 0 fully saturated rings. The van der Waals surface area contributed by atoms with Gasteiger partial charge in [0, 0.05) is 17.5 Å². The van der Waals surface area contributed by atoms with Crippen molar-refractivity contribution in [2.24, 2.45) is 5.92 Å². The maximum Gasteiger partial charge on any atom is 0.338 e. The number of fused-ring (bicyclic) bond motifs is 1. The Balaban J connectivity index is 1.85. The third kappa shape index (κ3) is 5.03. The lowest BCUT2D eigenvalue weighted by Gasteiger charge is -2.18. The van der Waals surface area contributed by atoms with E-state index in [1.165, 1.54) is 18.3 Å². The molecule has 1 aliphatic carbocycles. The van der Waals surface area contributed by atoms with E-state index >= 15 is 0 Å². The SMILES string of the molecule is CCCOC(=O)c1cccc(NC(=O)c2c(NC(C)=O)sc3c2CC[C@@H](C)C3)c1. The smallest absolute Gasteiger partial charge is 0.338 e.